The molecule has 0 saturated carbocycles. The summed E-state index contributed by atoms with van der Waals surface area (Å²) in [5, 5.41) is 0. The van der Waals surface area contributed by atoms with Crippen LogP contribution >= 0.6 is 0 Å². The van der Waals surface area contributed by atoms with Crippen molar-refractivity contribution in [3.05, 3.63) is 28.8 Å². The number of benzene rings is 1. The summed E-state index contributed by atoms with van der Waals surface area (Å²) < 4.78 is 16.4. The van der Waals surface area contributed by atoms with Crippen LogP contribution < -0.4 is 4.74 Å². The molecule has 16 heavy (non-hydrogen) atoms. The van der Waals surface area contributed by atoms with Gasteiger partial charge in [-0.05, 0) is 31.9 Å². The Bertz CT molecular complexity index is 344. The van der Waals surface area contributed by atoms with Gasteiger partial charge in [-0.25, -0.2) is 0 Å². The van der Waals surface area contributed by atoms with Crippen LogP contribution in [0.1, 0.15) is 16.7 Å². The molecule has 0 aliphatic carbocycles. The minimum atomic E-state index is -0.208. The van der Waals surface area contributed by atoms with E-state index in [0.29, 0.717) is 19.8 Å². The highest BCUT2D eigenvalue weighted by atomic mass is 16.7. The molecule has 0 bridgehead atoms. The lowest BCUT2D eigenvalue weighted by atomic mass is 10.1. The molecule has 1 aliphatic rings. The minimum Gasteiger partial charge on any atom is -0.488 e. The zero-order valence-electron chi connectivity index (χ0n) is 10.1. The summed E-state index contributed by atoms with van der Waals surface area (Å²) in [5.41, 5.74) is 3.58. The first-order valence-electron chi connectivity index (χ1n) is 5.60. The third-order valence-electron chi connectivity index (χ3n) is 2.66. The Morgan fingerprint density at radius 1 is 1.12 bits per heavy atom. The second-order valence-corrected chi connectivity index (χ2v) is 4.21. The molecule has 1 aromatic carbocycles. The zero-order valence-corrected chi connectivity index (χ0v) is 10.1. The third kappa shape index (κ3) is 2.54. The van der Waals surface area contributed by atoms with E-state index in [4.69, 9.17) is 14.2 Å². The Kier molecular flexibility index (Phi) is 3.46. The Hall–Kier alpha value is -1.06. The Morgan fingerprint density at radius 3 is 2.25 bits per heavy atom. The van der Waals surface area contributed by atoms with Crippen molar-refractivity contribution < 1.29 is 14.2 Å². The highest BCUT2D eigenvalue weighted by Gasteiger charge is 2.17. The second-order valence-electron chi connectivity index (χ2n) is 4.21. The average molecular weight is 222 g/mol. The van der Waals surface area contributed by atoms with E-state index in [-0.39, 0.29) is 6.29 Å². The molecule has 0 atom stereocenters. The first-order valence-corrected chi connectivity index (χ1v) is 5.60. The molecule has 0 amide bonds. The van der Waals surface area contributed by atoms with Crippen LogP contribution in [-0.2, 0) is 9.47 Å². The van der Waals surface area contributed by atoms with Gasteiger partial charge in [-0.1, -0.05) is 17.7 Å². The van der Waals surface area contributed by atoms with E-state index in [1.807, 2.05) is 0 Å². The predicted octanol–water partition coefficient (Wildman–Crippen LogP) is 2.36. The zero-order chi connectivity index (χ0) is 11.5. The van der Waals surface area contributed by atoms with Gasteiger partial charge in [-0.2, -0.15) is 0 Å². The fourth-order valence-corrected chi connectivity index (χ4v) is 2.05. The van der Waals surface area contributed by atoms with Crippen molar-refractivity contribution in [1.82, 2.24) is 0 Å². The summed E-state index contributed by atoms with van der Waals surface area (Å²) in [6.07, 6.45) is -0.208. The summed E-state index contributed by atoms with van der Waals surface area (Å²) in [4.78, 5) is 0. The summed E-state index contributed by atoms with van der Waals surface area (Å²) in [5.74, 6) is 0.949. The standard InChI is InChI=1S/C13H18O3/c1-9-6-10(2)13(11(3)7-9)16-8-12-14-4-5-15-12/h6-7,12H,4-5,8H2,1-3H3. The van der Waals surface area contributed by atoms with E-state index >= 15 is 0 Å². The summed E-state index contributed by atoms with van der Waals surface area (Å²) in [6, 6.07) is 4.25. The molecule has 0 unspecified atom stereocenters. The van der Waals surface area contributed by atoms with Gasteiger partial charge in [0.1, 0.15) is 12.4 Å². The average Bonchev–Trinajstić information content (AvgIpc) is 2.68. The van der Waals surface area contributed by atoms with Crippen molar-refractivity contribution in [3.63, 3.8) is 0 Å². The molecule has 3 nitrogen and oxygen atoms in total. The monoisotopic (exact) mass is 222 g/mol. The molecule has 0 radical (unpaired) electrons. The molecular formula is C13H18O3. The van der Waals surface area contributed by atoms with Gasteiger partial charge in [0, 0.05) is 0 Å². The number of hydrogen-bond acceptors (Lipinski definition) is 3. The molecule has 1 aromatic rings. The lowest BCUT2D eigenvalue weighted by Gasteiger charge is -2.15. The predicted molar refractivity (Wildman–Crippen MR) is 61.8 cm³/mol. The summed E-state index contributed by atoms with van der Waals surface area (Å²) in [7, 11) is 0. The number of hydrogen-bond donors (Lipinski definition) is 0. The molecule has 1 fully saturated rings. The van der Waals surface area contributed by atoms with E-state index in [9.17, 15) is 0 Å². The van der Waals surface area contributed by atoms with Gasteiger partial charge in [0.15, 0.2) is 6.29 Å². The molecular weight excluding hydrogens is 204 g/mol. The van der Waals surface area contributed by atoms with Gasteiger partial charge < -0.3 is 14.2 Å². The van der Waals surface area contributed by atoms with Crippen molar-refractivity contribution in [3.8, 4) is 5.75 Å². The largest absolute Gasteiger partial charge is 0.488 e. The van der Waals surface area contributed by atoms with Crippen molar-refractivity contribution in [1.29, 1.82) is 0 Å². The molecule has 3 heteroatoms. The topological polar surface area (TPSA) is 27.7 Å². The number of ether oxygens (including phenoxy) is 3. The first kappa shape index (κ1) is 11.4. The Morgan fingerprint density at radius 2 is 1.69 bits per heavy atom. The van der Waals surface area contributed by atoms with Crippen LogP contribution in [0, 0.1) is 20.8 Å². The van der Waals surface area contributed by atoms with Gasteiger partial charge in [0.25, 0.3) is 0 Å². The van der Waals surface area contributed by atoms with E-state index in [1.54, 1.807) is 0 Å². The minimum absolute atomic E-state index is 0.208. The van der Waals surface area contributed by atoms with E-state index in [1.165, 1.54) is 5.56 Å². The molecule has 88 valence electrons. The van der Waals surface area contributed by atoms with E-state index in [0.717, 1.165) is 16.9 Å². The van der Waals surface area contributed by atoms with Crippen molar-refractivity contribution in [2.24, 2.45) is 0 Å². The molecule has 1 saturated heterocycles. The highest BCUT2D eigenvalue weighted by Crippen LogP contribution is 2.25. The Labute approximate surface area is 96.3 Å². The Balaban J connectivity index is 2.03. The van der Waals surface area contributed by atoms with Crippen LogP contribution in [-0.4, -0.2) is 26.1 Å². The SMILES string of the molecule is Cc1cc(C)c(OCC2OCCO2)c(C)c1. The fourth-order valence-electron chi connectivity index (χ4n) is 2.05. The maximum atomic E-state index is 5.76. The van der Waals surface area contributed by atoms with Crippen molar-refractivity contribution >= 4 is 0 Å². The van der Waals surface area contributed by atoms with Crippen LogP contribution in [0.25, 0.3) is 0 Å². The quantitative estimate of drug-likeness (QED) is 0.785. The van der Waals surface area contributed by atoms with Gasteiger partial charge in [0.2, 0.25) is 0 Å². The maximum absolute atomic E-state index is 5.76. The van der Waals surface area contributed by atoms with Crippen LogP contribution in [0.2, 0.25) is 0 Å². The van der Waals surface area contributed by atoms with Crippen LogP contribution in [0.15, 0.2) is 12.1 Å². The van der Waals surface area contributed by atoms with E-state index in [2.05, 4.69) is 32.9 Å². The molecule has 2 rings (SSSR count). The van der Waals surface area contributed by atoms with Crippen LogP contribution in [0.5, 0.6) is 5.75 Å². The van der Waals surface area contributed by atoms with Gasteiger partial charge in [-0.3, -0.25) is 0 Å². The fraction of sp³-hybridized carbons (Fsp3) is 0.538. The molecule has 0 aromatic heterocycles. The van der Waals surface area contributed by atoms with Crippen molar-refractivity contribution in [2.45, 2.75) is 27.1 Å². The van der Waals surface area contributed by atoms with E-state index < -0.39 is 0 Å². The molecule has 0 N–H and O–H groups in total. The van der Waals surface area contributed by atoms with Gasteiger partial charge in [0.05, 0.1) is 13.2 Å². The molecule has 1 aliphatic heterocycles. The summed E-state index contributed by atoms with van der Waals surface area (Å²) >= 11 is 0. The lowest BCUT2D eigenvalue weighted by molar-refractivity contribution is -0.0686. The summed E-state index contributed by atoms with van der Waals surface area (Å²) in [6.45, 7) is 8.01. The van der Waals surface area contributed by atoms with Crippen molar-refractivity contribution in [2.75, 3.05) is 19.8 Å². The third-order valence-corrected chi connectivity index (χ3v) is 2.66. The number of aryl methyl sites for hydroxylation is 3. The van der Waals surface area contributed by atoms with Crippen LogP contribution in [0.3, 0.4) is 0 Å². The normalized spacial score (nSPS) is 16.7. The second kappa shape index (κ2) is 4.85. The smallest absolute Gasteiger partial charge is 0.191 e. The molecule has 1 heterocycles. The first-order chi connectivity index (χ1) is 7.66. The van der Waals surface area contributed by atoms with Gasteiger partial charge in [-0.15, -0.1) is 0 Å². The maximum Gasteiger partial charge on any atom is 0.191 e. The lowest BCUT2D eigenvalue weighted by Crippen LogP contribution is -2.19. The molecule has 0 spiro atoms. The number of rotatable bonds is 3. The van der Waals surface area contributed by atoms with Gasteiger partial charge >= 0.3 is 0 Å². The highest BCUT2D eigenvalue weighted by molar-refractivity contribution is 5.42. The van der Waals surface area contributed by atoms with Crippen LogP contribution in [0.4, 0.5) is 0 Å².